The standard InChI is InChI=1S/C21H27NO3.CH2O2/c1-2-14-22-15-18(23)16-25-21-11-7-6-10-19(21)20(24)13-12-17-8-4-3-5-9-17;2-1-3/h3-11,18,22-23H,2,12-16H2,1H3;1H,(H,2,3)/t18-;/m1./s1. The van der Waals surface area contributed by atoms with Gasteiger partial charge in [0.15, 0.2) is 5.78 Å². The van der Waals surface area contributed by atoms with E-state index >= 15 is 0 Å². The highest BCUT2D eigenvalue weighted by Gasteiger charge is 2.13. The van der Waals surface area contributed by atoms with Crippen LogP contribution in [0.15, 0.2) is 54.6 Å². The summed E-state index contributed by atoms with van der Waals surface area (Å²) < 4.78 is 5.69. The number of carboxylic acid groups (broad SMARTS) is 1. The van der Waals surface area contributed by atoms with E-state index in [0.29, 0.717) is 30.7 Å². The molecule has 0 saturated carbocycles. The van der Waals surface area contributed by atoms with Crippen LogP contribution in [0.2, 0.25) is 0 Å². The summed E-state index contributed by atoms with van der Waals surface area (Å²) in [5.74, 6) is 0.591. The van der Waals surface area contributed by atoms with Crippen molar-refractivity contribution in [1.29, 1.82) is 0 Å². The van der Waals surface area contributed by atoms with Gasteiger partial charge >= 0.3 is 0 Å². The molecular formula is C22H29NO5. The molecule has 0 aliphatic carbocycles. The van der Waals surface area contributed by atoms with Crippen LogP contribution < -0.4 is 10.1 Å². The van der Waals surface area contributed by atoms with Gasteiger partial charge in [-0.2, -0.15) is 0 Å². The predicted octanol–water partition coefficient (Wildman–Crippen LogP) is 2.94. The highest BCUT2D eigenvalue weighted by Crippen LogP contribution is 2.20. The third-order valence-electron chi connectivity index (χ3n) is 3.91. The summed E-state index contributed by atoms with van der Waals surface area (Å²) in [6.07, 6.45) is 1.56. The highest BCUT2D eigenvalue weighted by molar-refractivity contribution is 5.98. The van der Waals surface area contributed by atoms with Crippen LogP contribution in [0, 0.1) is 0 Å². The molecule has 6 heteroatoms. The zero-order chi connectivity index (χ0) is 20.6. The molecule has 0 saturated heterocycles. The molecule has 1 atom stereocenters. The molecule has 2 aromatic carbocycles. The minimum absolute atomic E-state index is 0.0538. The van der Waals surface area contributed by atoms with Crippen molar-refractivity contribution in [2.45, 2.75) is 32.3 Å². The summed E-state index contributed by atoms with van der Waals surface area (Å²) >= 11 is 0. The average molecular weight is 387 g/mol. The molecule has 6 nitrogen and oxygen atoms in total. The molecule has 0 aromatic heterocycles. The molecule has 3 N–H and O–H groups in total. The lowest BCUT2D eigenvalue weighted by Crippen LogP contribution is -2.32. The molecule has 0 amide bonds. The fourth-order valence-corrected chi connectivity index (χ4v) is 2.55. The third-order valence-corrected chi connectivity index (χ3v) is 3.91. The lowest BCUT2D eigenvalue weighted by molar-refractivity contribution is -0.122. The minimum Gasteiger partial charge on any atom is -0.490 e. The summed E-state index contributed by atoms with van der Waals surface area (Å²) in [7, 11) is 0. The van der Waals surface area contributed by atoms with E-state index in [0.717, 1.165) is 18.5 Å². The number of nitrogens with one attached hydrogen (secondary N) is 1. The van der Waals surface area contributed by atoms with Crippen molar-refractivity contribution in [3.63, 3.8) is 0 Å². The van der Waals surface area contributed by atoms with Crippen LogP contribution in [0.5, 0.6) is 5.75 Å². The Morgan fingerprint density at radius 3 is 2.46 bits per heavy atom. The summed E-state index contributed by atoms with van der Waals surface area (Å²) in [4.78, 5) is 20.9. The molecular weight excluding hydrogens is 358 g/mol. The first-order valence-corrected chi connectivity index (χ1v) is 9.37. The normalized spacial score (nSPS) is 11.1. The number of aryl methyl sites for hydroxylation is 1. The Kier molecular flexibility index (Phi) is 12.0. The van der Waals surface area contributed by atoms with Gasteiger partial charge in [0.1, 0.15) is 18.5 Å². The van der Waals surface area contributed by atoms with Crippen LogP contribution in [0.25, 0.3) is 0 Å². The average Bonchev–Trinajstić information content (AvgIpc) is 2.72. The molecule has 28 heavy (non-hydrogen) atoms. The monoisotopic (exact) mass is 387 g/mol. The highest BCUT2D eigenvalue weighted by atomic mass is 16.5. The number of ketones is 1. The Morgan fingerprint density at radius 1 is 1.14 bits per heavy atom. The van der Waals surface area contributed by atoms with E-state index in [1.165, 1.54) is 0 Å². The van der Waals surface area contributed by atoms with Gasteiger partial charge in [-0.3, -0.25) is 9.59 Å². The van der Waals surface area contributed by atoms with Gasteiger partial charge in [0.05, 0.1) is 5.56 Å². The SMILES string of the molecule is CCCNC[C@@H](O)COc1ccccc1C(=O)CCc1ccccc1.O=CO. The topological polar surface area (TPSA) is 95.9 Å². The number of carbonyl (C=O) groups excluding carboxylic acids is 1. The first-order valence-electron chi connectivity index (χ1n) is 9.37. The van der Waals surface area contributed by atoms with E-state index in [1.807, 2.05) is 42.5 Å². The number of aliphatic hydroxyl groups excluding tert-OH is 1. The second-order valence-electron chi connectivity index (χ2n) is 6.18. The first kappa shape index (κ1) is 23.3. The Hall–Kier alpha value is -2.70. The number of para-hydroxylation sites is 1. The van der Waals surface area contributed by atoms with Gasteiger partial charge in [0, 0.05) is 13.0 Å². The van der Waals surface area contributed by atoms with Gasteiger partial charge in [0.25, 0.3) is 6.47 Å². The van der Waals surface area contributed by atoms with Crippen molar-refractivity contribution < 1.29 is 24.5 Å². The summed E-state index contributed by atoms with van der Waals surface area (Å²) in [6.45, 7) is 3.34. The number of ether oxygens (including phenoxy) is 1. The maximum Gasteiger partial charge on any atom is 0.290 e. The molecule has 0 aliphatic rings. The second kappa shape index (κ2) is 14.4. The number of aliphatic hydroxyl groups is 1. The minimum atomic E-state index is -0.598. The Balaban J connectivity index is 0.00000122. The molecule has 2 aromatic rings. The van der Waals surface area contributed by atoms with Gasteiger partial charge in [0.2, 0.25) is 0 Å². The summed E-state index contributed by atoms with van der Waals surface area (Å²) in [5, 5.41) is 20.0. The molecule has 0 heterocycles. The zero-order valence-electron chi connectivity index (χ0n) is 16.2. The van der Waals surface area contributed by atoms with Crippen LogP contribution in [-0.2, 0) is 11.2 Å². The number of carbonyl (C=O) groups is 2. The molecule has 0 spiro atoms. The van der Waals surface area contributed by atoms with Crippen LogP contribution >= 0.6 is 0 Å². The maximum atomic E-state index is 12.5. The van der Waals surface area contributed by atoms with E-state index in [2.05, 4.69) is 12.2 Å². The van der Waals surface area contributed by atoms with E-state index in [-0.39, 0.29) is 18.9 Å². The Bertz CT molecular complexity index is 690. The second-order valence-corrected chi connectivity index (χ2v) is 6.18. The molecule has 0 unspecified atom stereocenters. The fraction of sp³-hybridized carbons (Fsp3) is 0.364. The van der Waals surface area contributed by atoms with Crippen LogP contribution in [-0.4, -0.2) is 48.3 Å². The maximum absolute atomic E-state index is 12.5. The van der Waals surface area contributed by atoms with Gasteiger partial charge < -0.3 is 20.3 Å². The fourth-order valence-electron chi connectivity index (χ4n) is 2.55. The van der Waals surface area contributed by atoms with Crippen LogP contribution in [0.3, 0.4) is 0 Å². The molecule has 0 fully saturated rings. The van der Waals surface area contributed by atoms with Crippen molar-refractivity contribution in [2.24, 2.45) is 0 Å². The van der Waals surface area contributed by atoms with E-state index in [9.17, 15) is 9.90 Å². The van der Waals surface area contributed by atoms with Crippen LogP contribution in [0.4, 0.5) is 0 Å². The van der Waals surface area contributed by atoms with Gasteiger partial charge in [-0.25, -0.2) is 0 Å². The number of Topliss-reactive ketones (excluding diaryl/α,β-unsaturated/α-hetero) is 1. The van der Waals surface area contributed by atoms with E-state index in [4.69, 9.17) is 14.6 Å². The van der Waals surface area contributed by atoms with Crippen molar-refractivity contribution in [3.05, 3.63) is 65.7 Å². The van der Waals surface area contributed by atoms with E-state index < -0.39 is 6.10 Å². The van der Waals surface area contributed by atoms with Crippen molar-refractivity contribution >= 4 is 12.3 Å². The summed E-state index contributed by atoms with van der Waals surface area (Å²) in [5.41, 5.74) is 1.72. The van der Waals surface area contributed by atoms with Crippen molar-refractivity contribution in [2.75, 3.05) is 19.7 Å². The largest absolute Gasteiger partial charge is 0.490 e. The smallest absolute Gasteiger partial charge is 0.290 e. The number of hydrogen-bond acceptors (Lipinski definition) is 5. The quantitative estimate of drug-likeness (QED) is 0.312. The first-order chi connectivity index (χ1) is 13.6. The number of benzene rings is 2. The summed E-state index contributed by atoms with van der Waals surface area (Å²) in [6, 6.07) is 17.2. The third kappa shape index (κ3) is 9.30. The van der Waals surface area contributed by atoms with Crippen LogP contribution in [0.1, 0.15) is 35.7 Å². The van der Waals surface area contributed by atoms with Gasteiger partial charge in [-0.1, -0.05) is 49.4 Å². The molecule has 0 bridgehead atoms. The lowest BCUT2D eigenvalue weighted by atomic mass is 10.0. The lowest BCUT2D eigenvalue weighted by Gasteiger charge is -2.15. The molecule has 152 valence electrons. The zero-order valence-corrected chi connectivity index (χ0v) is 16.2. The van der Waals surface area contributed by atoms with Gasteiger partial charge in [-0.05, 0) is 37.1 Å². The molecule has 0 aliphatic heterocycles. The number of hydrogen-bond donors (Lipinski definition) is 3. The van der Waals surface area contributed by atoms with Crippen molar-refractivity contribution in [1.82, 2.24) is 5.32 Å². The molecule has 0 radical (unpaired) electrons. The van der Waals surface area contributed by atoms with Crippen molar-refractivity contribution in [3.8, 4) is 5.75 Å². The molecule has 2 rings (SSSR count). The van der Waals surface area contributed by atoms with Gasteiger partial charge in [-0.15, -0.1) is 0 Å². The Labute approximate surface area is 166 Å². The Morgan fingerprint density at radius 2 is 1.79 bits per heavy atom. The number of rotatable bonds is 11. The predicted molar refractivity (Wildman–Crippen MR) is 109 cm³/mol. The van der Waals surface area contributed by atoms with E-state index in [1.54, 1.807) is 12.1 Å².